The summed E-state index contributed by atoms with van der Waals surface area (Å²) < 4.78 is 13.1. The van der Waals surface area contributed by atoms with Crippen LogP contribution in [-0.2, 0) is 11.3 Å². The van der Waals surface area contributed by atoms with Gasteiger partial charge in [0.25, 0.3) is 0 Å². The van der Waals surface area contributed by atoms with Crippen LogP contribution in [0.2, 0.25) is 0 Å². The van der Waals surface area contributed by atoms with Crippen LogP contribution in [0.15, 0.2) is 21.1 Å². The molecule has 2 rings (SSSR count). The number of ether oxygens (including phenoxy) is 2. The molecule has 106 valence electrons. The number of hydrogen-bond acceptors (Lipinski definition) is 3. The van der Waals surface area contributed by atoms with Crippen molar-refractivity contribution in [3.63, 3.8) is 0 Å². The van der Waals surface area contributed by atoms with E-state index >= 15 is 0 Å². The van der Waals surface area contributed by atoms with Crippen molar-refractivity contribution < 1.29 is 9.47 Å². The van der Waals surface area contributed by atoms with Crippen molar-refractivity contribution in [2.45, 2.75) is 32.4 Å². The molecule has 1 fully saturated rings. The first-order valence-corrected chi connectivity index (χ1v) is 8.22. The smallest absolute Gasteiger partial charge is 0.147 e. The van der Waals surface area contributed by atoms with Gasteiger partial charge in [-0.15, -0.1) is 0 Å². The van der Waals surface area contributed by atoms with Crippen LogP contribution in [0.4, 0.5) is 0 Å². The van der Waals surface area contributed by atoms with Crippen LogP contribution in [0, 0.1) is 0 Å². The zero-order valence-corrected chi connectivity index (χ0v) is 14.2. The summed E-state index contributed by atoms with van der Waals surface area (Å²) in [6.45, 7) is 5.31. The second kappa shape index (κ2) is 7.62. The predicted molar refractivity (Wildman–Crippen MR) is 83.7 cm³/mol. The van der Waals surface area contributed by atoms with Crippen molar-refractivity contribution >= 4 is 31.9 Å². The summed E-state index contributed by atoms with van der Waals surface area (Å²) in [6, 6.07) is 4.19. The Hall–Kier alpha value is -0.100. The Labute approximate surface area is 131 Å². The number of rotatable bonds is 6. The first-order valence-electron chi connectivity index (χ1n) is 6.63. The second-order valence-electron chi connectivity index (χ2n) is 4.59. The lowest BCUT2D eigenvalue weighted by atomic mass is 10.2. The maximum Gasteiger partial charge on any atom is 0.147 e. The molecule has 19 heavy (non-hydrogen) atoms. The minimum absolute atomic E-state index is 0.384. The van der Waals surface area contributed by atoms with E-state index in [1.165, 1.54) is 18.4 Å². The molecule has 0 aliphatic carbocycles. The number of halogens is 2. The molecule has 0 spiro atoms. The summed E-state index contributed by atoms with van der Waals surface area (Å²) in [6.07, 6.45) is 2.74. The van der Waals surface area contributed by atoms with E-state index in [2.05, 4.69) is 49.3 Å². The molecule has 5 heteroatoms. The summed E-state index contributed by atoms with van der Waals surface area (Å²) in [5.74, 6) is 0.866. The fourth-order valence-electron chi connectivity index (χ4n) is 2.18. The molecular weight excluding hydrogens is 374 g/mol. The molecule has 1 N–H and O–H groups in total. The molecule has 1 atom stereocenters. The van der Waals surface area contributed by atoms with E-state index in [1.54, 1.807) is 0 Å². The van der Waals surface area contributed by atoms with E-state index in [0.29, 0.717) is 12.7 Å². The number of nitrogens with one attached hydrogen (secondary N) is 1. The van der Waals surface area contributed by atoms with Crippen LogP contribution in [0.5, 0.6) is 5.75 Å². The zero-order chi connectivity index (χ0) is 13.7. The Morgan fingerprint density at radius 3 is 2.68 bits per heavy atom. The Balaban J connectivity index is 1.89. The molecular formula is C14H19Br2NO2. The quantitative estimate of drug-likeness (QED) is 0.796. The van der Waals surface area contributed by atoms with Gasteiger partial charge in [0, 0.05) is 19.7 Å². The lowest BCUT2D eigenvalue weighted by molar-refractivity contribution is 0.110. The SMILES string of the molecule is CCOc1c(Br)cc(CNCC2CCCO2)cc1Br. The zero-order valence-electron chi connectivity index (χ0n) is 11.0. The molecule has 0 bridgehead atoms. The molecule has 0 radical (unpaired) electrons. The standard InChI is InChI=1S/C14H19Br2NO2/c1-2-18-14-12(15)6-10(7-13(14)16)8-17-9-11-4-3-5-19-11/h6-7,11,17H,2-5,8-9H2,1H3. The van der Waals surface area contributed by atoms with Crippen LogP contribution in [0.1, 0.15) is 25.3 Å². The van der Waals surface area contributed by atoms with Gasteiger partial charge < -0.3 is 14.8 Å². The van der Waals surface area contributed by atoms with Crippen molar-refractivity contribution in [3.05, 3.63) is 26.6 Å². The summed E-state index contributed by atoms with van der Waals surface area (Å²) >= 11 is 7.10. The molecule has 1 aliphatic rings. The molecule has 1 heterocycles. The molecule has 0 saturated carbocycles. The van der Waals surface area contributed by atoms with Gasteiger partial charge in [-0.2, -0.15) is 0 Å². The highest BCUT2D eigenvalue weighted by atomic mass is 79.9. The van der Waals surface area contributed by atoms with Crippen LogP contribution < -0.4 is 10.1 Å². The highest BCUT2D eigenvalue weighted by Crippen LogP contribution is 2.34. The van der Waals surface area contributed by atoms with Gasteiger partial charge in [-0.1, -0.05) is 0 Å². The molecule has 0 amide bonds. The van der Waals surface area contributed by atoms with Gasteiger partial charge in [0.15, 0.2) is 0 Å². The fourth-order valence-corrected chi connectivity index (χ4v) is 3.69. The monoisotopic (exact) mass is 391 g/mol. The molecule has 1 aliphatic heterocycles. The van der Waals surface area contributed by atoms with Crippen molar-refractivity contribution in [3.8, 4) is 5.75 Å². The van der Waals surface area contributed by atoms with Crippen LogP contribution >= 0.6 is 31.9 Å². The third kappa shape index (κ3) is 4.45. The number of hydrogen-bond donors (Lipinski definition) is 1. The molecule has 1 unspecified atom stereocenters. The van der Waals surface area contributed by atoms with E-state index in [-0.39, 0.29) is 0 Å². The third-order valence-corrected chi connectivity index (χ3v) is 4.25. The molecule has 1 saturated heterocycles. The topological polar surface area (TPSA) is 30.5 Å². The first kappa shape index (κ1) is 15.3. The van der Waals surface area contributed by atoms with Gasteiger partial charge in [-0.3, -0.25) is 0 Å². The van der Waals surface area contributed by atoms with Gasteiger partial charge in [-0.25, -0.2) is 0 Å². The lowest BCUT2D eigenvalue weighted by Gasteiger charge is -2.13. The highest BCUT2D eigenvalue weighted by Gasteiger charge is 2.15. The maximum absolute atomic E-state index is 5.59. The average Bonchev–Trinajstić information content (AvgIpc) is 2.87. The van der Waals surface area contributed by atoms with E-state index in [0.717, 1.165) is 34.4 Å². The summed E-state index contributed by atoms with van der Waals surface area (Å²) in [5, 5.41) is 3.44. The van der Waals surface area contributed by atoms with Gasteiger partial charge in [0.1, 0.15) is 5.75 Å². The van der Waals surface area contributed by atoms with E-state index in [1.807, 2.05) is 6.92 Å². The Kier molecular flexibility index (Phi) is 6.13. The summed E-state index contributed by atoms with van der Waals surface area (Å²) in [7, 11) is 0. The van der Waals surface area contributed by atoms with E-state index in [4.69, 9.17) is 9.47 Å². The van der Waals surface area contributed by atoms with Gasteiger partial charge in [0.05, 0.1) is 21.7 Å². The minimum atomic E-state index is 0.384. The van der Waals surface area contributed by atoms with Crippen LogP contribution in [-0.4, -0.2) is 25.9 Å². The second-order valence-corrected chi connectivity index (χ2v) is 6.30. The molecule has 1 aromatic rings. The lowest BCUT2D eigenvalue weighted by Crippen LogP contribution is -2.25. The Bertz CT molecular complexity index is 397. The Morgan fingerprint density at radius 2 is 2.11 bits per heavy atom. The summed E-state index contributed by atoms with van der Waals surface area (Å²) in [4.78, 5) is 0. The predicted octanol–water partition coefficient (Wildman–Crippen LogP) is 3.88. The van der Waals surface area contributed by atoms with Crippen molar-refractivity contribution in [2.75, 3.05) is 19.8 Å². The van der Waals surface area contributed by atoms with Crippen molar-refractivity contribution in [1.29, 1.82) is 0 Å². The fraction of sp³-hybridized carbons (Fsp3) is 0.571. The van der Waals surface area contributed by atoms with Crippen molar-refractivity contribution in [2.24, 2.45) is 0 Å². The van der Waals surface area contributed by atoms with E-state index < -0.39 is 0 Å². The van der Waals surface area contributed by atoms with E-state index in [9.17, 15) is 0 Å². The van der Waals surface area contributed by atoms with Crippen LogP contribution in [0.25, 0.3) is 0 Å². The van der Waals surface area contributed by atoms with Gasteiger partial charge >= 0.3 is 0 Å². The molecule has 3 nitrogen and oxygen atoms in total. The van der Waals surface area contributed by atoms with Crippen LogP contribution in [0.3, 0.4) is 0 Å². The first-order chi connectivity index (χ1) is 9.20. The third-order valence-electron chi connectivity index (χ3n) is 3.07. The normalized spacial score (nSPS) is 18.8. The average molecular weight is 393 g/mol. The Morgan fingerprint density at radius 1 is 1.37 bits per heavy atom. The number of benzene rings is 1. The van der Waals surface area contributed by atoms with Crippen molar-refractivity contribution in [1.82, 2.24) is 5.32 Å². The molecule has 0 aromatic heterocycles. The minimum Gasteiger partial charge on any atom is -0.492 e. The maximum atomic E-state index is 5.59. The van der Waals surface area contributed by atoms with Gasteiger partial charge in [0.2, 0.25) is 0 Å². The largest absolute Gasteiger partial charge is 0.492 e. The summed E-state index contributed by atoms with van der Waals surface area (Å²) in [5.41, 5.74) is 1.22. The molecule has 1 aromatic carbocycles. The van der Waals surface area contributed by atoms with Gasteiger partial charge in [-0.05, 0) is 69.3 Å². The highest BCUT2D eigenvalue weighted by molar-refractivity contribution is 9.11.